The van der Waals surface area contributed by atoms with E-state index in [4.69, 9.17) is 16.7 Å². The Morgan fingerprint density at radius 2 is 1.71 bits per heavy atom. The second-order valence-corrected chi connectivity index (χ2v) is 13.7. The third-order valence-corrected chi connectivity index (χ3v) is 9.39. The second kappa shape index (κ2) is 11.8. The van der Waals surface area contributed by atoms with Gasteiger partial charge in [0, 0.05) is 49.1 Å². The van der Waals surface area contributed by atoms with Crippen LogP contribution in [-0.2, 0) is 19.8 Å². The lowest BCUT2D eigenvalue weighted by Gasteiger charge is -2.35. The third kappa shape index (κ3) is 5.95. The van der Waals surface area contributed by atoms with Crippen molar-refractivity contribution >= 4 is 46.9 Å². The predicted octanol–water partition coefficient (Wildman–Crippen LogP) is 5.30. The number of fused-ring (bicyclic) bond motifs is 1. The summed E-state index contributed by atoms with van der Waals surface area (Å²) in [6.45, 7) is 13.8. The molecule has 0 bridgehead atoms. The molecular weight excluding hydrogens is 570 g/mol. The maximum Gasteiger partial charge on any atom is 0.242 e. The van der Waals surface area contributed by atoms with Gasteiger partial charge in [-0.3, -0.25) is 19.3 Å². The summed E-state index contributed by atoms with van der Waals surface area (Å²) in [5.74, 6) is 0.545. The summed E-state index contributed by atoms with van der Waals surface area (Å²) < 4.78 is 1.87. The topological polar surface area (TPSA) is 78.8 Å². The Morgan fingerprint density at radius 3 is 2.33 bits per heavy atom. The number of rotatable bonds is 4. The van der Waals surface area contributed by atoms with Gasteiger partial charge in [-0.1, -0.05) is 62.2 Å². The molecule has 222 valence electrons. The van der Waals surface area contributed by atoms with Crippen LogP contribution in [0.3, 0.4) is 0 Å². The molecule has 0 aliphatic carbocycles. The number of anilines is 1. The number of nitrogens with zero attached hydrogens (tertiary/aromatic N) is 5. The first-order chi connectivity index (χ1) is 19.8. The van der Waals surface area contributed by atoms with Gasteiger partial charge in [0.15, 0.2) is 0 Å². The van der Waals surface area contributed by atoms with E-state index in [-0.39, 0.29) is 40.7 Å². The van der Waals surface area contributed by atoms with Crippen LogP contribution in [-0.4, -0.2) is 75.8 Å². The van der Waals surface area contributed by atoms with Crippen LogP contribution in [0.5, 0.6) is 0 Å². The van der Waals surface area contributed by atoms with Gasteiger partial charge in [-0.15, -0.1) is 11.8 Å². The van der Waals surface area contributed by atoms with Crippen LogP contribution in [0.1, 0.15) is 60.9 Å². The highest BCUT2D eigenvalue weighted by molar-refractivity contribution is 8.00. The SMILES string of the molecule is CC(=O)N1CCN(C(=O)CN2C(=O)CSC(c3cccc(Cl)c3)c3c(C(C)(C)C)nn(-c4ccc(C)cc4C)c32)CC1. The molecule has 42 heavy (non-hydrogen) atoms. The van der Waals surface area contributed by atoms with Crippen molar-refractivity contribution in [3.8, 4) is 5.69 Å². The summed E-state index contributed by atoms with van der Waals surface area (Å²) in [6, 6.07) is 13.9. The van der Waals surface area contributed by atoms with Gasteiger partial charge in [-0.2, -0.15) is 5.10 Å². The van der Waals surface area contributed by atoms with Crippen LogP contribution in [0, 0.1) is 13.8 Å². The van der Waals surface area contributed by atoms with Crippen LogP contribution < -0.4 is 4.90 Å². The first kappa shape index (κ1) is 30.2. The molecule has 3 amide bonds. The van der Waals surface area contributed by atoms with Gasteiger partial charge in [-0.25, -0.2) is 4.68 Å². The Bertz CT molecular complexity index is 1540. The van der Waals surface area contributed by atoms with Crippen molar-refractivity contribution in [2.75, 3.05) is 43.4 Å². The fourth-order valence-electron chi connectivity index (χ4n) is 5.72. The molecule has 3 aromatic rings. The normalized spacial score (nSPS) is 17.7. The molecule has 3 heterocycles. The largest absolute Gasteiger partial charge is 0.339 e. The van der Waals surface area contributed by atoms with Gasteiger partial charge < -0.3 is 9.80 Å². The molecule has 1 saturated heterocycles. The van der Waals surface area contributed by atoms with Crippen LogP contribution in [0.4, 0.5) is 5.82 Å². The number of piperazine rings is 1. The Labute approximate surface area is 257 Å². The number of aromatic nitrogens is 2. The number of thioether (sulfide) groups is 1. The van der Waals surface area contributed by atoms with Crippen molar-refractivity contribution in [1.82, 2.24) is 19.6 Å². The Kier molecular flexibility index (Phi) is 8.45. The molecule has 1 fully saturated rings. The Morgan fingerprint density at radius 1 is 1.02 bits per heavy atom. The molecule has 2 aliphatic heterocycles. The number of benzene rings is 2. The Balaban J connectivity index is 1.68. The highest BCUT2D eigenvalue weighted by Gasteiger charge is 2.40. The molecule has 1 aromatic heterocycles. The summed E-state index contributed by atoms with van der Waals surface area (Å²) in [5, 5.41) is 5.62. The summed E-state index contributed by atoms with van der Waals surface area (Å²) >= 11 is 8.00. The van der Waals surface area contributed by atoms with Crippen LogP contribution in [0.25, 0.3) is 5.69 Å². The van der Waals surface area contributed by atoms with Gasteiger partial charge in [0.1, 0.15) is 12.4 Å². The first-order valence-corrected chi connectivity index (χ1v) is 15.7. The van der Waals surface area contributed by atoms with E-state index in [1.165, 1.54) is 11.8 Å². The second-order valence-electron chi connectivity index (χ2n) is 12.2. The molecule has 1 unspecified atom stereocenters. The van der Waals surface area contributed by atoms with Gasteiger partial charge in [0.25, 0.3) is 0 Å². The molecule has 5 rings (SSSR count). The molecule has 10 heteroatoms. The number of halogens is 1. The van der Waals surface area contributed by atoms with Gasteiger partial charge in [0.2, 0.25) is 17.7 Å². The number of hydrogen-bond donors (Lipinski definition) is 0. The van der Waals surface area contributed by atoms with E-state index in [1.807, 2.05) is 54.9 Å². The standard InChI is InChI=1S/C32H38ClN5O3S/c1-20-10-11-25(21(2)16-20)38-31-28(30(34-38)32(4,5)6)29(23-8-7-9-24(33)17-23)42-19-27(41)37(31)18-26(40)36-14-12-35(13-15-36)22(3)39/h7-11,16-17,29H,12-15,18-19H2,1-6H3. The molecule has 2 aliphatic rings. The summed E-state index contributed by atoms with van der Waals surface area (Å²) in [5.41, 5.74) is 5.45. The third-order valence-electron chi connectivity index (χ3n) is 7.90. The van der Waals surface area contributed by atoms with E-state index in [9.17, 15) is 14.4 Å². The molecule has 0 saturated carbocycles. The highest BCUT2D eigenvalue weighted by Crippen LogP contribution is 2.49. The van der Waals surface area contributed by atoms with Crippen molar-refractivity contribution in [3.05, 3.63) is 75.4 Å². The smallest absolute Gasteiger partial charge is 0.242 e. The lowest BCUT2D eigenvalue weighted by atomic mass is 9.87. The van der Waals surface area contributed by atoms with Crippen LogP contribution in [0.15, 0.2) is 42.5 Å². The molecule has 0 N–H and O–H groups in total. The van der Waals surface area contributed by atoms with Crippen molar-refractivity contribution in [2.24, 2.45) is 0 Å². The van der Waals surface area contributed by atoms with E-state index < -0.39 is 0 Å². The average Bonchev–Trinajstić information content (AvgIpc) is 3.25. The molecular formula is C32H38ClN5O3S. The van der Waals surface area contributed by atoms with Crippen molar-refractivity contribution < 1.29 is 14.4 Å². The monoisotopic (exact) mass is 607 g/mol. The fourth-order valence-corrected chi connectivity index (χ4v) is 7.11. The van der Waals surface area contributed by atoms with Gasteiger partial charge in [0.05, 0.1) is 22.4 Å². The maximum absolute atomic E-state index is 14.0. The van der Waals surface area contributed by atoms with E-state index in [1.54, 1.807) is 21.6 Å². The van der Waals surface area contributed by atoms with Crippen molar-refractivity contribution in [1.29, 1.82) is 0 Å². The number of hydrogen-bond acceptors (Lipinski definition) is 5. The zero-order valence-corrected chi connectivity index (χ0v) is 26.7. The minimum atomic E-state index is -0.350. The van der Waals surface area contributed by atoms with Gasteiger partial charge in [-0.05, 0) is 43.2 Å². The summed E-state index contributed by atoms with van der Waals surface area (Å²) in [7, 11) is 0. The predicted molar refractivity (Wildman–Crippen MR) is 169 cm³/mol. The minimum absolute atomic E-state index is 0.00518. The molecule has 0 spiro atoms. The van der Waals surface area contributed by atoms with E-state index in [0.29, 0.717) is 37.0 Å². The molecule has 1 atom stereocenters. The average molecular weight is 608 g/mol. The van der Waals surface area contributed by atoms with E-state index >= 15 is 0 Å². The first-order valence-electron chi connectivity index (χ1n) is 14.3. The van der Waals surface area contributed by atoms with E-state index in [0.717, 1.165) is 33.6 Å². The number of amides is 3. The zero-order chi connectivity index (χ0) is 30.3. The number of carbonyl (C=O) groups is 3. The number of carbonyl (C=O) groups excluding carboxylic acids is 3. The number of aryl methyl sites for hydroxylation is 2. The molecule has 2 aromatic carbocycles. The van der Waals surface area contributed by atoms with Crippen LogP contribution >= 0.6 is 23.4 Å². The van der Waals surface area contributed by atoms with E-state index in [2.05, 4.69) is 26.8 Å². The maximum atomic E-state index is 14.0. The lowest BCUT2D eigenvalue weighted by molar-refractivity contribution is -0.137. The minimum Gasteiger partial charge on any atom is -0.339 e. The zero-order valence-electron chi connectivity index (χ0n) is 25.1. The van der Waals surface area contributed by atoms with Gasteiger partial charge >= 0.3 is 0 Å². The quantitative estimate of drug-likeness (QED) is 0.402. The summed E-state index contributed by atoms with van der Waals surface area (Å²) in [6.07, 6.45) is 0. The van der Waals surface area contributed by atoms with Crippen molar-refractivity contribution in [2.45, 2.75) is 52.2 Å². The molecule has 0 radical (unpaired) electrons. The Hall–Kier alpha value is -3.30. The fraction of sp³-hybridized carbons (Fsp3) is 0.438. The molecule has 8 nitrogen and oxygen atoms in total. The van der Waals surface area contributed by atoms with Crippen molar-refractivity contribution in [3.63, 3.8) is 0 Å². The van der Waals surface area contributed by atoms with Crippen LogP contribution in [0.2, 0.25) is 5.02 Å². The summed E-state index contributed by atoms with van der Waals surface area (Å²) in [4.78, 5) is 44.7. The highest BCUT2D eigenvalue weighted by atomic mass is 35.5. The lowest BCUT2D eigenvalue weighted by Crippen LogP contribution is -2.53.